The molecule has 1 aromatic carbocycles. The first-order valence-electron chi connectivity index (χ1n) is 6.17. The molecule has 0 amide bonds. The predicted octanol–water partition coefficient (Wildman–Crippen LogP) is 3.20. The minimum Gasteiger partial charge on any atom is -0.259 e. The van der Waals surface area contributed by atoms with Crippen LogP contribution >= 0.6 is 0 Å². The van der Waals surface area contributed by atoms with Crippen molar-refractivity contribution < 1.29 is 12.6 Å². The van der Waals surface area contributed by atoms with Crippen LogP contribution in [0.3, 0.4) is 0 Å². The second kappa shape index (κ2) is 5.24. The van der Waals surface area contributed by atoms with Gasteiger partial charge < -0.3 is 0 Å². The van der Waals surface area contributed by atoms with Gasteiger partial charge in [-0.2, -0.15) is 8.42 Å². The van der Waals surface area contributed by atoms with E-state index >= 15 is 0 Å². The maximum absolute atomic E-state index is 12.1. The predicted molar refractivity (Wildman–Crippen MR) is 70.8 cm³/mol. The molecule has 1 aliphatic carbocycles. The van der Waals surface area contributed by atoms with Crippen molar-refractivity contribution in [2.45, 2.75) is 43.6 Å². The molecule has 1 saturated carbocycles. The largest absolute Gasteiger partial charge is 0.297 e. The standard InChI is InChI=1S/C14H18O3S/c1-11-7-9-13(10-8-11)18(15,16)17-14-6-4-3-5-12(14)2/h7-10,14H,2-6H2,1H3/t14-/m0/s1. The van der Waals surface area contributed by atoms with E-state index in [1.54, 1.807) is 24.3 Å². The molecule has 0 unspecified atom stereocenters. The Balaban J connectivity index is 2.16. The molecule has 4 heteroatoms. The highest BCUT2D eigenvalue weighted by atomic mass is 32.2. The van der Waals surface area contributed by atoms with Gasteiger partial charge in [0.15, 0.2) is 0 Å². The van der Waals surface area contributed by atoms with Crippen LogP contribution < -0.4 is 0 Å². The summed E-state index contributed by atoms with van der Waals surface area (Å²) in [6.45, 7) is 5.82. The number of rotatable bonds is 3. The second-order valence-electron chi connectivity index (χ2n) is 4.76. The topological polar surface area (TPSA) is 43.4 Å². The molecule has 0 bridgehead atoms. The maximum Gasteiger partial charge on any atom is 0.297 e. The molecule has 0 radical (unpaired) electrons. The summed E-state index contributed by atoms with van der Waals surface area (Å²) in [5.41, 5.74) is 1.91. The Morgan fingerprint density at radius 2 is 1.89 bits per heavy atom. The SMILES string of the molecule is C=C1CCCC[C@@H]1OS(=O)(=O)c1ccc(C)cc1. The van der Waals surface area contributed by atoms with Crippen molar-refractivity contribution in [3.8, 4) is 0 Å². The molecule has 1 aromatic rings. The fraction of sp³-hybridized carbons (Fsp3) is 0.429. The van der Waals surface area contributed by atoms with Gasteiger partial charge in [0.2, 0.25) is 0 Å². The third-order valence-electron chi connectivity index (χ3n) is 3.22. The maximum atomic E-state index is 12.1. The summed E-state index contributed by atoms with van der Waals surface area (Å²) in [5.74, 6) is 0. The van der Waals surface area contributed by atoms with E-state index < -0.39 is 10.1 Å². The molecular formula is C14H18O3S. The number of hydrogen-bond acceptors (Lipinski definition) is 3. The average molecular weight is 266 g/mol. The molecule has 98 valence electrons. The lowest BCUT2D eigenvalue weighted by Crippen LogP contribution is -2.23. The summed E-state index contributed by atoms with van der Waals surface area (Å²) >= 11 is 0. The lowest BCUT2D eigenvalue weighted by Gasteiger charge is -2.24. The minimum absolute atomic E-state index is 0.214. The summed E-state index contributed by atoms with van der Waals surface area (Å²) < 4.78 is 29.5. The highest BCUT2D eigenvalue weighted by Crippen LogP contribution is 2.27. The van der Waals surface area contributed by atoms with Gasteiger partial charge >= 0.3 is 0 Å². The zero-order chi connectivity index (χ0) is 13.2. The molecule has 0 N–H and O–H groups in total. The monoisotopic (exact) mass is 266 g/mol. The summed E-state index contributed by atoms with van der Waals surface area (Å²) in [5, 5.41) is 0. The molecule has 2 rings (SSSR count). The summed E-state index contributed by atoms with van der Waals surface area (Å²) in [7, 11) is -3.67. The number of hydrogen-bond donors (Lipinski definition) is 0. The van der Waals surface area contributed by atoms with Gasteiger partial charge in [0.25, 0.3) is 10.1 Å². The third-order valence-corrected chi connectivity index (χ3v) is 4.56. The molecule has 0 aromatic heterocycles. The van der Waals surface area contributed by atoms with Crippen molar-refractivity contribution in [3.05, 3.63) is 42.0 Å². The second-order valence-corrected chi connectivity index (χ2v) is 6.33. The van der Waals surface area contributed by atoms with E-state index in [1.807, 2.05) is 6.92 Å². The molecule has 1 fully saturated rings. The Bertz CT molecular complexity index is 529. The Hall–Kier alpha value is -1.13. The van der Waals surface area contributed by atoms with Crippen molar-refractivity contribution >= 4 is 10.1 Å². The molecule has 0 aliphatic heterocycles. The lowest BCUT2D eigenvalue weighted by molar-refractivity contribution is 0.211. The number of aryl methyl sites for hydroxylation is 1. The molecule has 1 atom stereocenters. The molecule has 18 heavy (non-hydrogen) atoms. The van der Waals surface area contributed by atoms with Crippen LogP contribution in [0.5, 0.6) is 0 Å². The van der Waals surface area contributed by atoms with Gasteiger partial charge in [0.05, 0.1) is 11.0 Å². The van der Waals surface area contributed by atoms with Crippen molar-refractivity contribution in [2.24, 2.45) is 0 Å². The van der Waals surface area contributed by atoms with Crippen LogP contribution in [-0.2, 0) is 14.3 Å². The summed E-state index contributed by atoms with van der Waals surface area (Å²) in [4.78, 5) is 0.214. The van der Waals surface area contributed by atoms with E-state index in [0.29, 0.717) is 0 Å². The first kappa shape index (κ1) is 13.3. The molecule has 3 nitrogen and oxygen atoms in total. The van der Waals surface area contributed by atoms with Gasteiger partial charge in [-0.15, -0.1) is 0 Å². The normalized spacial score (nSPS) is 20.9. The third kappa shape index (κ3) is 3.00. The van der Waals surface area contributed by atoms with Crippen LogP contribution in [0, 0.1) is 6.92 Å². The van der Waals surface area contributed by atoms with Crippen molar-refractivity contribution in [2.75, 3.05) is 0 Å². The lowest BCUT2D eigenvalue weighted by atomic mass is 9.94. The first-order chi connectivity index (χ1) is 8.49. The van der Waals surface area contributed by atoms with Crippen LogP contribution in [0.15, 0.2) is 41.3 Å². The van der Waals surface area contributed by atoms with Gasteiger partial charge in [-0.1, -0.05) is 30.7 Å². The first-order valence-corrected chi connectivity index (χ1v) is 7.57. The van der Waals surface area contributed by atoms with Gasteiger partial charge in [-0.25, -0.2) is 0 Å². The van der Waals surface area contributed by atoms with Crippen LogP contribution in [0.2, 0.25) is 0 Å². The molecule has 0 spiro atoms. The van der Waals surface area contributed by atoms with E-state index in [4.69, 9.17) is 4.18 Å². The molecule has 0 heterocycles. The fourth-order valence-electron chi connectivity index (χ4n) is 2.08. The molecular weight excluding hydrogens is 248 g/mol. The Kier molecular flexibility index (Phi) is 3.88. The summed E-state index contributed by atoms with van der Waals surface area (Å²) in [6, 6.07) is 6.70. The Morgan fingerprint density at radius 3 is 2.50 bits per heavy atom. The van der Waals surface area contributed by atoms with E-state index in [2.05, 4.69) is 6.58 Å². The Labute approximate surface area is 109 Å². The van der Waals surface area contributed by atoms with Crippen LogP contribution in [0.25, 0.3) is 0 Å². The zero-order valence-electron chi connectivity index (χ0n) is 10.6. The van der Waals surface area contributed by atoms with E-state index in [9.17, 15) is 8.42 Å². The molecule has 0 saturated heterocycles. The van der Waals surface area contributed by atoms with Gasteiger partial charge in [-0.05, 0) is 43.9 Å². The highest BCUT2D eigenvalue weighted by Gasteiger charge is 2.25. The van der Waals surface area contributed by atoms with Crippen molar-refractivity contribution in [1.29, 1.82) is 0 Å². The average Bonchev–Trinajstić information content (AvgIpc) is 2.32. The van der Waals surface area contributed by atoms with Gasteiger partial charge in [0, 0.05) is 0 Å². The smallest absolute Gasteiger partial charge is 0.259 e. The van der Waals surface area contributed by atoms with Crippen molar-refractivity contribution in [3.63, 3.8) is 0 Å². The summed E-state index contributed by atoms with van der Waals surface area (Å²) in [6.07, 6.45) is 3.30. The zero-order valence-corrected chi connectivity index (χ0v) is 11.4. The van der Waals surface area contributed by atoms with E-state index in [-0.39, 0.29) is 11.0 Å². The fourth-order valence-corrected chi connectivity index (χ4v) is 3.20. The van der Waals surface area contributed by atoms with Crippen molar-refractivity contribution in [1.82, 2.24) is 0 Å². The molecule has 1 aliphatic rings. The van der Waals surface area contributed by atoms with Gasteiger partial charge in [0.1, 0.15) is 0 Å². The number of benzene rings is 1. The quantitative estimate of drug-likeness (QED) is 0.623. The Morgan fingerprint density at radius 1 is 1.22 bits per heavy atom. The van der Waals surface area contributed by atoms with Crippen LogP contribution in [-0.4, -0.2) is 14.5 Å². The van der Waals surface area contributed by atoms with Gasteiger partial charge in [-0.3, -0.25) is 4.18 Å². The highest BCUT2D eigenvalue weighted by molar-refractivity contribution is 7.86. The van der Waals surface area contributed by atoms with E-state index in [1.165, 1.54) is 0 Å². The van der Waals surface area contributed by atoms with Crippen LogP contribution in [0.1, 0.15) is 31.2 Å². The minimum atomic E-state index is -3.67. The van der Waals surface area contributed by atoms with Crippen LogP contribution in [0.4, 0.5) is 0 Å². The van der Waals surface area contributed by atoms with E-state index in [0.717, 1.165) is 36.8 Å².